The molecular formula is C54H68N12O5S. The van der Waals surface area contributed by atoms with Gasteiger partial charge in [-0.1, -0.05) is 45.0 Å². The number of aryl methyl sites for hydroxylation is 1. The van der Waals surface area contributed by atoms with Crippen molar-refractivity contribution in [2.24, 2.45) is 11.3 Å². The molecule has 2 aromatic carbocycles. The van der Waals surface area contributed by atoms with E-state index in [2.05, 4.69) is 74.7 Å². The molecule has 4 saturated heterocycles. The van der Waals surface area contributed by atoms with E-state index < -0.39 is 23.6 Å². The summed E-state index contributed by atoms with van der Waals surface area (Å²) < 4.78 is 0. The Kier molecular flexibility index (Phi) is 14.2. The molecule has 17 nitrogen and oxygen atoms in total. The second kappa shape index (κ2) is 20.7. The van der Waals surface area contributed by atoms with Crippen molar-refractivity contribution in [2.75, 3.05) is 48.3 Å². The number of carbonyl (C=O) groups is 3. The normalized spacial score (nSPS) is 24.3. The molecule has 380 valence electrons. The fraction of sp³-hybridized carbons (Fsp3) is 0.519. The Labute approximate surface area is 425 Å². The van der Waals surface area contributed by atoms with E-state index in [9.17, 15) is 24.6 Å². The third kappa shape index (κ3) is 10.4. The minimum Gasteiger partial charge on any atom is -0.507 e. The number of aromatic nitrogens is 5. The minimum absolute atomic E-state index is 0.0162. The number of nitrogens with zero attached hydrogens (tertiary/aromatic N) is 9. The number of likely N-dealkylation sites (tertiary alicyclic amines) is 2. The van der Waals surface area contributed by atoms with Gasteiger partial charge in [-0.05, 0) is 119 Å². The number of aliphatic hydroxyl groups excluding tert-OH is 1. The molecule has 3 aromatic heterocycles. The maximum Gasteiger partial charge on any atom is 0.246 e. The number of aliphatic hydroxyl groups is 1. The summed E-state index contributed by atoms with van der Waals surface area (Å²) in [6, 6.07) is 17.8. The maximum absolute atomic E-state index is 14.3. The molecule has 1 saturated carbocycles. The summed E-state index contributed by atoms with van der Waals surface area (Å²) in [5, 5.41) is 35.8. The molecule has 0 spiro atoms. The van der Waals surface area contributed by atoms with Crippen molar-refractivity contribution in [3.05, 3.63) is 89.5 Å². The number of phenols is 1. The number of anilines is 3. The van der Waals surface area contributed by atoms with Crippen LogP contribution in [0.5, 0.6) is 5.75 Å². The van der Waals surface area contributed by atoms with Crippen LogP contribution in [0.2, 0.25) is 0 Å². The SMILES string of the molecule is Cc1ncsc1-c1cnc(CNC(=O)[C@@H]2C[C@@H](O)CN2C(=O)[C@@H](NC(=O)C2CCC(N3CCC(c4ccc(N5C6CCC5CN(c5cc(-c7ccccc7O)nnc5N)C6)cc4)CC3)CC2)C(C)(C)C)cn1. The second-order valence-corrected chi connectivity index (χ2v) is 22.6. The average Bonchev–Trinajstić information content (AvgIpc) is 4.08. The van der Waals surface area contributed by atoms with Crippen LogP contribution in [-0.4, -0.2) is 132 Å². The quantitative estimate of drug-likeness (QED) is 0.0961. The highest BCUT2D eigenvalue weighted by Crippen LogP contribution is 2.41. The predicted octanol–water partition coefficient (Wildman–Crippen LogP) is 6.06. The Balaban J connectivity index is 0.686. The molecule has 2 bridgehead atoms. The predicted molar refractivity (Wildman–Crippen MR) is 278 cm³/mol. The Morgan fingerprint density at radius 2 is 1.54 bits per heavy atom. The maximum atomic E-state index is 14.3. The molecule has 2 unspecified atom stereocenters. The number of nitrogens with two attached hydrogens (primary N) is 1. The number of para-hydroxylation sites is 1. The highest BCUT2D eigenvalue weighted by atomic mass is 32.1. The molecule has 5 atom stereocenters. The summed E-state index contributed by atoms with van der Waals surface area (Å²) in [6.45, 7) is 11.6. The Bertz CT molecular complexity index is 2720. The molecule has 10 rings (SSSR count). The van der Waals surface area contributed by atoms with Gasteiger partial charge in [0.2, 0.25) is 17.7 Å². The molecule has 5 aromatic rings. The average molecular weight is 997 g/mol. The fourth-order valence-electron chi connectivity index (χ4n) is 12.0. The standard InChI is InChI=1S/C54H68N12O5S/c1-32-48(72-31-59-32)44-27-56-36(25-57-44)26-58-52(70)46-23-41(67)30-65(46)53(71)49(54(2,3)4)60-51(69)35-11-13-37(14-12-35)63-21-19-34(20-22-63)33-9-15-38(16-10-33)66-39-17-18-40(66)29-64(28-39)45-24-43(61-62-50(45)55)42-7-5-6-8-47(42)68/h5-10,15-16,24-25,27,31,34-35,37,39-41,46,49,67-68H,11-14,17-23,26,28-30H2,1-4H3,(H2,55,62)(H,58,70)(H,60,69)/t35?,37?,39?,40?,41-,46+,49-/m1/s1. The highest BCUT2D eigenvalue weighted by molar-refractivity contribution is 7.13. The van der Waals surface area contributed by atoms with E-state index in [-0.39, 0.29) is 48.9 Å². The van der Waals surface area contributed by atoms with Gasteiger partial charge in [0.1, 0.15) is 23.5 Å². The molecule has 6 N–H and O–H groups in total. The first kappa shape index (κ1) is 49.3. The first-order valence-corrected chi connectivity index (χ1v) is 26.6. The number of phenolic OH excluding ortho intramolecular Hbond substituents is 1. The summed E-state index contributed by atoms with van der Waals surface area (Å²) in [5.41, 5.74) is 14.5. The molecular weight excluding hydrogens is 929 g/mol. The highest BCUT2D eigenvalue weighted by Gasteiger charge is 2.46. The second-order valence-electron chi connectivity index (χ2n) is 21.7. The zero-order valence-corrected chi connectivity index (χ0v) is 42.6. The van der Waals surface area contributed by atoms with Gasteiger partial charge >= 0.3 is 0 Å². The van der Waals surface area contributed by atoms with Crippen molar-refractivity contribution in [1.82, 2.24) is 45.6 Å². The number of aromatic hydroxyl groups is 1. The fourth-order valence-corrected chi connectivity index (χ4v) is 12.8. The van der Waals surface area contributed by atoms with Gasteiger partial charge in [0, 0.05) is 61.3 Å². The van der Waals surface area contributed by atoms with Gasteiger partial charge in [0.15, 0.2) is 5.82 Å². The van der Waals surface area contributed by atoms with E-state index >= 15 is 0 Å². The number of carbonyl (C=O) groups excluding carboxylic acids is 3. The number of piperazine rings is 1. The Morgan fingerprint density at radius 3 is 2.19 bits per heavy atom. The van der Waals surface area contributed by atoms with E-state index in [0.717, 1.165) is 93.8 Å². The molecule has 1 aliphatic carbocycles. The van der Waals surface area contributed by atoms with Crippen LogP contribution in [0.15, 0.2) is 72.5 Å². The van der Waals surface area contributed by atoms with Crippen LogP contribution in [0.3, 0.4) is 0 Å². The summed E-state index contributed by atoms with van der Waals surface area (Å²) in [4.78, 5) is 65.1. The van der Waals surface area contributed by atoms with Crippen LogP contribution in [0.25, 0.3) is 21.8 Å². The molecule has 0 radical (unpaired) electrons. The van der Waals surface area contributed by atoms with Crippen LogP contribution in [0.4, 0.5) is 17.2 Å². The Morgan fingerprint density at radius 1 is 0.833 bits per heavy atom. The largest absolute Gasteiger partial charge is 0.507 e. The smallest absolute Gasteiger partial charge is 0.246 e. The van der Waals surface area contributed by atoms with Gasteiger partial charge in [0.25, 0.3) is 0 Å². The lowest BCUT2D eigenvalue weighted by Gasteiger charge is -2.44. The van der Waals surface area contributed by atoms with Crippen molar-refractivity contribution >= 4 is 46.3 Å². The molecule has 4 aliphatic heterocycles. The number of benzene rings is 2. The van der Waals surface area contributed by atoms with E-state index in [0.29, 0.717) is 52.5 Å². The zero-order chi connectivity index (χ0) is 50.3. The molecule has 5 aliphatic rings. The summed E-state index contributed by atoms with van der Waals surface area (Å²) in [7, 11) is 0. The lowest BCUT2D eigenvalue weighted by Crippen LogP contribution is -2.58. The monoisotopic (exact) mass is 997 g/mol. The van der Waals surface area contributed by atoms with Crippen LogP contribution in [0.1, 0.15) is 101 Å². The number of piperidine rings is 1. The van der Waals surface area contributed by atoms with Gasteiger partial charge < -0.3 is 46.2 Å². The molecule has 5 fully saturated rings. The lowest BCUT2D eigenvalue weighted by molar-refractivity contribution is -0.144. The van der Waals surface area contributed by atoms with Gasteiger partial charge in [-0.15, -0.1) is 21.5 Å². The lowest BCUT2D eigenvalue weighted by atomic mass is 9.81. The van der Waals surface area contributed by atoms with Crippen LogP contribution < -0.4 is 26.2 Å². The van der Waals surface area contributed by atoms with Crippen LogP contribution in [-0.2, 0) is 20.9 Å². The number of nitrogen functional groups attached to an aromatic ring is 1. The molecule has 7 heterocycles. The van der Waals surface area contributed by atoms with Gasteiger partial charge in [-0.3, -0.25) is 24.4 Å². The van der Waals surface area contributed by atoms with E-state index in [1.165, 1.54) is 27.5 Å². The van der Waals surface area contributed by atoms with Gasteiger partial charge in [0.05, 0.1) is 58.2 Å². The van der Waals surface area contributed by atoms with Crippen LogP contribution >= 0.6 is 11.3 Å². The van der Waals surface area contributed by atoms with Crippen molar-refractivity contribution in [3.8, 4) is 27.6 Å². The Hall–Kier alpha value is -6.24. The first-order chi connectivity index (χ1) is 34.7. The number of rotatable bonds is 12. The van der Waals surface area contributed by atoms with Crippen molar-refractivity contribution in [3.63, 3.8) is 0 Å². The number of nitrogens with one attached hydrogen (secondary N) is 2. The van der Waals surface area contributed by atoms with Crippen molar-refractivity contribution < 1.29 is 24.6 Å². The van der Waals surface area contributed by atoms with Crippen molar-refractivity contribution in [1.29, 1.82) is 0 Å². The van der Waals surface area contributed by atoms with Crippen LogP contribution in [0, 0.1) is 18.3 Å². The number of fused-ring (bicyclic) bond motifs is 2. The molecule has 72 heavy (non-hydrogen) atoms. The minimum atomic E-state index is -0.880. The third-order valence-corrected chi connectivity index (χ3v) is 16.9. The zero-order valence-electron chi connectivity index (χ0n) is 41.8. The van der Waals surface area contributed by atoms with Crippen molar-refractivity contribution in [2.45, 2.75) is 134 Å². The topological polar surface area (TPSA) is 219 Å². The number of thiazole rings is 1. The summed E-state index contributed by atoms with van der Waals surface area (Å²) in [5.74, 6) is 0.0184. The third-order valence-electron chi connectivity index (χ3n) is 16.0. The number of β-amino-alcohol motifs (C(OH)–C–C–N with tert-alkyl or cyclic N) is 1. The number of hydrogen-bond donors (Lipinski definition) is 5. The van der Waals surface area contributed by atoms with E-state index in [1.807, 2.05) is 45.9 Å². The first-order valence-electron chi connectivity index (χ1n) is 25.7. The molecule has 3 amide bonds. The number of hydrogen-bond acceptors (Lipinski definition) is 15. The van der Waals surface area contributed by atoms with E-state index in [1.54, 1.807) is 30.0 Å². The molecule has 18 heteroatoms. The summed E-state index contributed by atoms with van der Waals surface area (Å²) >= 11 is 1.49. The summed E-state index contributed by atoms with van der Waals surface area (Å²) in [6.07, 6.45) is 10.3. The van der Waals surface area contributed by atoms with Gasteiger partial charge in [-0.25, -0.2) is 4.98 Å². The number of amides is 3. The van der Waals surface area contributed by atoms with Gasteiger partial charge in [-0.2, -0.15) is 0 Å². The van der Waals surface area contributed by atoms with E-state index in [4.69, 9.17) is 5.73 Å².